The standard InChI is InChI=1S/C44H61N9O16/c1-22(2)37(43(68)47-19-32(56)46-21-36(62)63)53-41(66)30(14-16-35(60)61)51-42(67)31(18-25-7-11-27(55)12-8-25)49-33(57)20-48-44(69)38(23(3)4)52-40(65)29(13-15-34(58)59)50-39(64)28(45)17-24-5-9-26(54)10-6-24/h5-12,22-23,28-31,37-38,54-55H,13-21,45H2,1-4H3,(H,46,56)(H,47,68)(H,48,69)(H,49,57)(H,50,64)(H,51,67)(H,52,65)(H,53,66)(H,58,59)(H,60,61)(H,62,63). The summed E-state index contributed by atoms with van der Waals surface area (Å²) < 4.78 is 0. The van der Waals surface area contributed by atoms with Gasteiger partial charge >= 0.3 is 17.9 Å². The molecule has 0 aliphatic rings. The summed E-state index contributed by atoms with van der Waals surface area (Å²) in [7, 11) is 0. The topological polar surface area (TPSA) is 411 Å². The molecule has 0 aliphatic carbocycles. The van der Waals surface area contributed by atoms with E-state index in [-0.39, 0.29) is 30.8 Å². The van der Waals surface area contributed by atoms with Crippen molar-refractivity contribution in [2.75, 3.05) is 19.6 Å². The number of aliphatic carboxylic acids is 3. The van der Waals surface area contributed by atoms with Crippen molar-refractivity contribution in [3.63, 3.8) is 0 Å². The Morgan fingerprint density at radius 2 is 0.841 bits per heavy atom. The summed E-state index contributed by atoms with van der Waals surface area (Å²) >= 11 is 0. The zero-order chi connectivity index (χ0) is 52.0. The quantitative estimate of drug-likeness (QED) is 0.0389. The number of phenols is 2. The van der Waals surface area contributed by atoms with Gasteiger partial charge in [-0.25, -0.2) is 0 Å². The minimum absolute atomic E-state index is 0.000494. The van der Waals surface area contributed by atoms with E-state index in [0.29, 0.717) is 11.1 Å². The van der Waals surface area contributed by atoms with Crippen LogP contribution in [0.5, 0.6) is 11.5 Å². The van der Waals surface area contributed by atoms with Crippen molar-refractivity contribution >= 4 is 65.2 Å². The molecule has 0 fully saturated rings. The van der Waals surface area contributed by atoms with Gasteiger partial charge < -0.3 is 73.8 Å². The molecule has 2 aromatic carbocycles. The van der Waals surface area contributed by atoms with Crippen LogP contribution in [0.25, 0.3) is 0 Å². The number of carbonyl (C=O) groups is 11. The number of rotatable bonds is 29. The van der Waals surface area contributed by atoms with Crippen LogP contribution in [0.4, 0.5) is 0 Å². The number of carboxylic acid groups (broad SMARTS) is 3. The van der Waals surface area contributed by atoms with Crippen molar-refractivity contribution in [1.29, 1.82) is 0 Å². The van der Waals surface area contributed by atoms with E-state index in [1.807, 2.05) is 0 Å². The third kappa shape index (κ3) is 21.6. The predicted molar refractivity (Wildman–Crippen MR) is 241 cm³/mol. The lowest BCUT2D eigenvalue weighted by Crippen LogP contribution is -2.59. The number of carboxylic acids is 3. The molecule has 25 heteroatoms. The molecule has 2 aromatic rings. The lowest BCUT2D eigenvalue weighted by Gasteiger charge is -2.27. The van der Waals surface area contributed by atoms with E-state index < -0.39 is 152 Å². The fourth-order valence-corrected chi connectivity index (χ4v) is 6.29. The largest absolute Gasteiger partial charge is 0.508 e. The Bertz CT molecular complexity index is 2150. The van der Waals surface area contributed by atoms with Gasteiger partial charge in [0, 0.05) is 19.3 Å². The SMILES string of the molecule is CC(C)C(NC(=O)C(CCC(=O)O)NC(=O)C(N)Cc1ccc(O)cc1)C(=O)NCC(=O)NC(Cc1ccc(O)cc1)C(=O)NC(CCC(=O)O)C(=O)NC(C(=O)NCC(=O)NCC(=O)O)C(C)C. The number of hydrogen-bond acceptors (Lipinski definition) is 14. The average molecular weight is 972 g/mol. The molecule has 15 N–H and O–H groups in total. The molecular weight excluding hydrogens is 911 g/mol. The highest BCUT2D eigenvalue weighted by Gasteiger charge is 2.33. The number of aromatic hydroxyl groups is 2. The van der Waals surface area contributed by atoms with Gasteiger partial charge in [0.2, 0.25) is 47.3 Å². The number of amides is 8. The molecule has 378 valence electrons. The molecule has 0 saturated carbocycles. The minimum Gasteiger partial charge on any atom is -0.508 e. The maximum absolute atomic E-state index is 13.9. The van der Waals surface area contributed by atoms with E-state index in [1.54, 1.807) is 13.8 Å². The van der Waals surface area contributed by atoms with Crippen molar-refractivity contribution in [3.8, 4) is 11.5 Å². The Balaban J connectivity index is 2.25. The molecule has 69 heavy (non-hydrogen) atoms. The summed E-state index contributed by atoms with van der Waals surface area (Å²) in [5.41, 5.74) is 7.03. The Labute approximate surface area is 396 Å². The molecule has 0 heterocycles. The molecule has 6 unspecified atom stereocenters. The van der Waals surface area contributed by atoms with Gasteiger partial charge in [-0.2, -0.15) is 0 Å². The number of nitrogens with one attached hydrogen (secondary N) is 8. The smallest absolute Gasteiger partial charge is 0.322 e. The first-order chi connectivity index (χ1) is 32.4. The molecule has 25 nitrogen and oxygen atoms in total. The molecule has 0 spiro atoms. The highest BCUT2D eigenvalue weighted by atomic mass is 16.4. The maximum Gasteiger partial charge on any atom is 0.322 e. The molecule has 8 amide bonds. The van der Waals surface area contributed by atoms with Gasteiger partial charge in [0.1, 0.15) is 48.3 Å². The number of nitrogens with two attached hydrogens (primary N) is 1. The molecule has 0 bridgehead atoms. The van der Waals surface area contributed by atoms with Crippen LogP contribution in [-0.2, 0) is 65.6 Å². The number of phenolic OH excluding ortho intramolecular Hbond substituents is 2. The van der Waals surface area contributed by atoms with Crippen LogP contribution in [0, 0.1) is 11.8 Å². The maximum atomic E-state index is 13.9. The zero-order valence-corrected chi connectivity index (χ0v) is 38.4. The zero-order valence-electron chi connectivity index (χ0n) is 38.4. The van der Waals surface area contributed by atoms with Crippen molar-refractivity contribution < 1.29 is 78.3 Å². The van der Waals surface area contributed by atoms with E-state index in [4.69, 9.17) is 10.8 Å². The first-order valence-electron chi connectivity index (χ1n) is 21.7. The first-order valence-corrected chi connectivity index (χ1v) is 21.7. The summed E-state index contributed by atoms with van der Waals surface area (Å²) in [6.07, 6.45) is -2.35. The van der Waals surface area contributed by atoms with Crippen molar-refractivity contribution in [1.82, 2.24) is 42.5 Å². The highest BCUT2D eigenvalue weighted by molar-refractivity contribution is 5.97. The minimum atomic E-state index is -1.62. The molecule has 0 aromatic heterocycles. The summed E-state index contributed by atoms with van der Waals surface area (Å²) in [6.45, 7) is 4.04. The Hall–Kier alpha value is -7.83. The normalized spacial score (nSPS) is 13.5. The van der Waals surface area contributed by atoms with Crippen LogP contribution in [0.2, 0.25) is 0 Å². The molecule has 0 aliphatic heterocycles. The van der Waals surface area contributed by atoms with Crippen molar-refractivity contribution in [2.24, 2.45) is 17.6 Å². The molecule has 0 saturated heterocycles. The van der Waals surface area contributed by atoms with Crippen LogP contribution in [-0.4, -0.2) is 147 Å². The Morgan fingerprint density at radius 1 is 0.449 bits per heavy atom. The van der Waals surface area contributed by atoms with E-state index >= 15 is 0 Å². The Kier molecular flexibility index (Phi) is 23.6. The van der Waals surface area contributed by atoms with Crippen LogP contribution >= 0.6 is 0 Å². The summed E-state index contributed by atoms with van der Waals surface area (Å²) in [5.74, 6) is -12.7. The summed E-state index contributed by atoms with van der Waals surface area (Å²) in [6, 6.07) is 2.83. The first kappa shape index (κ1) is 57.3. The average Bonchev–Trinajstić information content (AvgIpc) is 3.28. The van der Waals surface area contributed by atoms with E-state index in [1.165, 1.54) is 62.4 Å². The number of hydrogen-bond donors (Lipinski definition) is 14. The van der Waals surface area contributed by atoms with Crippen LogP contribution in [0.3, 0.4) is 0 Å². The fourth-order valence-electron chi connectivity index (χ4n) is 6.29. The summed E-state index contributed by atoms with van der Waals surface area (Å²) in [4.78, 5) is 140. The van der Waals surface area contributed by atoms with Gasteiger partial charge in [-0.3, -0.25) is 52.7 Å². The molecule has 0 radical (unpaired) electrons. The molecular formula is C44H61N9O16. The second-order valence-electron chi connectivity index (χ2n) is 16.5. The van der Waals surface area contributed by atoms with Gasteiger partial charge in [-0.05, 0) is 66.5 Å². The van der Waals surface area contributed by atoms with E-state index in [9.17, 15) is 73.2 Å². The van der Waals surface area contributed by atoms with Crippen molar-refractivity contribution in [2.45, 2.75) is 102 Å². The highest BCUT2D eigenvalue weighted by Crippen LogP contribution is 2.14. The van der Waals surface area contributed by atoms with Gasteiger partial charge in [0.25, 0.3) is 0 Å². The van der Waals surface area contributed by atoms with Crippen LogP contribution in [0.1, 0.15) is 64.5 Å². The lowest BCUT2D eigenvalue weighted by atomic mass is 10.0. The van der Waals surface area contributed by atoms with Gasteiger partial charge in [0.15, 0.2) is 0 Å². The Morgan fingerprint density at radius 3 is 1.25 bits per heavy atom. The van der Waals surface area contributed by atoms with Crippen LogP contribution in [0.15, 0.2) is 48.5 Å². The second-order valence-corrected chi connectivity index (χ2v) is 16.5. The van der Waals surface area contributed by atoms with E-state index in [0.717, 1.165) is 0 Å². The van der Waals surface area contributed by atoms with Gasteiger partial charge in [0.05, 0.1) is 19.1 Å². The molecule has 6 atom stereocenters. The lowest BCUT2D eigenvalue weighted by molar-refractivity contribution is -0.139. The fraction of sp³-hybridized carbons (Fsp3) is 0.477. The number of benzene rings is 2. The van der Waals surface area contributed by atoms with Crippen molar-refractivity contribution in [3.05, 3.63) is 59.7 Å². The third-order valence-corrected chi connectivity index (χ3v) is 10.1. The third-order valence-electron chi connectivity index (χ3n) is 10.1. The monoisotopic (exact) mass is 971 g/mol. The second kappa shape index (κ2) is 28.4. The van der Waals surface area contributed by atoms with Crippen LogP contribution < -0.4 is 48.3 Å². The van der Waals surface area contributed by atoms with E-state index in [2.05, 4.69) is 42.5 Å². The predicted octanol–water partition coefficient (Wildman–Crippen LogP) is -2.89. The van der Waals surface area contributed by atoms with Gasteiger partial charge in [-0.1, -0.05) is 52.0 Å². The number of carbonyl (C=O) groups excluding carboxylic acids is 8. The molecule has 2 rings (SSSR count). The van der Waals surface area contributed by atoms with Gasteiger partial charge in [-0.15, -0.1) is 0 Å². The summed E-state index contributed by atoms with van der Waals surface area (Å²) in [5, 5.41) is 65.7.